The van der Waals surface area contributed by atoms with Gasteiger partial charge < -0.3 is 20.3 Å². The highest BCUT2D eigenvalue weighted by Crippen LogP contribution is 2.44. The van der Waals surface area contributed by atoms with Crippen LogP contribution in [0.2, 0.25) is 5.02 Å². The van der Waals surface area contributed by atoms with Crippen molar-refractivity contribution < 1.29 is 24.2 Å². The number of ether oxygens (including phenoxy) is 2. The van der Waals surface area contributed by atoms with Crippen LogP contribution in [0, 0.1) is 0 Å². The van der Waals surface area contributed by atoms with Crippen LogP contribution < -0.4 is 15.2 Å². The number of halogens is 1. The van der Waals surface area contributed by atoms with Crippen LogP contribution in [0.1, 0.15) is 21.8 Å². The molecule has 7 heteroatoms. The lowest BCUT2D eigenvalue weighted by molar-refractivity contribution is -0.138. The Morgan fingerprint density at radius 1 is 1.47 bits per heavy atom. The third kappa shape index (κ3) is 2.36. The second-order valence-electron chi connectivity index (χ2n) is 3.96. The molecule has 6 nitrogen and oxygen atoms in total. The highest BCUT2D eigenvalue weighted by Gasteiger charge is 2.30. The summed E-state index contributed by atoms with van der Waals surface area (Å²) in [7, 11) is 0. The normalized spacial score (nSPS) is 14.8. The van der Waals surface area contributed by atoms with Gasteiger partial charge in [0.05, 0.1) is 11.5 Å². The van der Waals surface area contributed by atoms with Crippen molar-refractivity contribution in [1.29, 1.82) is 0 Å². The Kier molecular flexibility index (Phi) is 3.92. The Morgan fingerprint density at radius 3 is 2.63 bits per heavy atom. The number of fused-ring (bicyclic) bond motifs is 1. The molecule has 1 heterocycles. The largest absolute Gasteiger partial charge is 0.486 e. The molecule has 1 aliphatic rings. The average Bonchev–Trinajstić information content (AvgIpc) is 2.41. The van der Waals surface area contributed by atoms with Crippen LogP contribution >= 0.6 is 11.6 Å². The number of rotatable bonds is 4. The lowest BCUT2D eigenvalue weighted by Crippen LogP contribution is -2.25. The van der Waals surface area contributed by atoms with Gasteiger partial charge in [-0.1, -0.05) is 11.6 Å². The number of carboxylic acid groups (broad SMARTS) is 1. The van der Waals surface area contributed by atoms with Crippen molar-refractivity contribution in [3.05, 3.63) is 22.2 Å². The van der Waals surface area contributed by atoms with Crippen molar-refractivity contribution in [2.24, 2.45) is 5.73 Å². The molecule has 1 atom stereocenters. The Hall–Kier alpha value is -1.79. The molecule has 0 fully saturated rings. The van der Waals surface area contributed by atoms with Crippen LogP contribution in [-0.4, -0.2) is 37.1 Å². The minimum absolute atomic E-state index is 0.129. The molecule has 1 aliphatic heterocycles. The summed E-state index contributed by atoms with van der Waals surface area (Å²) in [5.41, 5.74) is 5.95. The van der Waals surface area contributed by atoms with Gasteiger partial charge in [-0.3, -0.25) is 9.59 Å². The first-order valence-electron chi connectivity index (χ1n) is 5.60. The molecule has 0 amide bonds. The standard InChI is InChI=1S/C12H12ClNO5/c13-8-3-6(5-15)10-11(19-2-1-18-10)9(8)7(4-14)12(16)17/h3,5,7H,1-2,4,14H2,(H,16,17). The quantitative estimate of drug-likeness (QED) is 0.802. The summed E-state index contributed by atoms with van der Waals surface area (Å²) in [5.74, 6) is -1.71. The lowest BCUT2D eigenvalue weighted by atomic mass is 9.95. The van der Waals surface area contributed by atoms with Crippen molar-refractivity contribution in [1.82, 2.24) is 0 Å². The minimum Gasteiger partial charge on any atom is -0.486 e. The second-order valence-corrected chi connectivity index (χ2v) is 4.37. The number of carboxylic acids is 1. The summed E-state index contributed by atoms with van der Waals surface area (Å²) >= 11 is 6.05. The van der Waals surface area contributed by atoms with Gasteiger partial charge in [-0.15, -0.1) is 0 Å². The van der Waals surface area contributed by atoms with Crippen molar-refractivity contribution >= 4 is 23.9 Å². The smallest absolute Gasteiger partial charge is 0.312 e. The molecule has 102 valence electrons. The number of carbonyl (C=O) groups is 2. The Labute approximate surface area is 114 Å². The van der Waals surface area contributed by atoms with Gasteiger partial charge in [0.15, 0.2) is 17.8 Å². The van der Waals surface area contributed by atoms with E-state index in [1.165, 1.54) is 6.07 Å². The van der Waals surface area contributed by atoms with Gasteiger partial charge in [-0.05, 0) is 6.07 Å². The van der Waals surface area contributed by atoms with Gasteiger partial charge in [0, 0.05) is 17.1 Å². The van der Waals surface area contributed by atoms with Crippen molar-refractivity contribution in [3.8, 4) is 11.5 Å². The summed E-state index contributed by atoms with van der Waals surface area (Å²) < 4.78 is 10.8. The molecule has 1 aromatic rings. The molecule has 19 heavy (non-hydrogen) atoms. The SMILES string of the molecule is NCC(C(=O)O)c1c(Cl)cc(C=O)c2c1OCCO2. The molecular formula is C12H12ClNO5. The molecule has 2 rings (SSSR count). The second kappa shape index (κ2) is 5.46. The maximum absolute atomic E-state index is 11.2. The zero-order valence-electron chi connectivity index (χ0n) is 9.89. The molecule has 0 saturated carbocycles. The van der Waals surface area contributed by atoms with Crippen molar-refractivity contribution in [3.63, 3.8) is 0 Å². The molecule has 0 aliphatic carbocycles. The highest BCUT2D eigenvalue weighted by molar-refractivity contribution is 6.32. The predicted octanol–water partition coefficient (Wildman–Crippen LogP) is 1.05. The van der Waals surface area contributed by atoms with Crippen LogP contribution in [0.25, 0.3) is 0 Å². The fourth-order valence-corrected chi connectivity index (χ4v) is 2.31. The number of aliphatic carboxylic acids is 1. The third-order valence-corrected chi connectivity index (χ3v) is 3.15. The van der Waals surface area contributed by atoms with Crippen LogP contribution in [0.15, 0.2) is 6.07 Å². The minimum atomic E-state index is -1.11. The fourth-order valence-electron chi connectivity index (χ4n) is 1.98. The van der Waals surface area contributed by atoms with E-state index in [4.69, 9.17) is 26.8 Å². The Balaban J connectivity index is 2.66. The first-order valence-corrected chi connectivity index (χ1v) is 5.98. The first kappa shape index (κ1) is 13.6. The molecule has 0 bridgehead atoms. The van der Waals surface area contributed by atoms with E-state index in [9.17, 15) is 14.7 Å². The summed E-state index contributed by atoms with van der Waals surface area (Å²) in [4.78, 5) is 22.2. The summed E-state index contributed by atoms with van der Waals surface area (Å²) in [5, 5.41) is 9.30. The lowest BCUT2D eigenvalue weighted by Gasteiger charge is -2.25. The summed E-state index contributed by atoms with van der Waals surface area (Å²) in [6.07, 6.45) is 0.585. The summed E-state index contributed by atoms with van der Waals surface area (Å²) in [6.45, 7) is 0.413. The number of carbonyl (C=O) groups excluding carboxylic acids is 1. The Morgan fingerprint density at radius 2 is 2.11 bits per heavy atom. The topological polar surface area (TPSA) is 98.9 Å². The molecule has 1 aromatic carbocycles. The predicted molar refractivity (Wildman–Crippen MR) is 67.3 cm³/mol. The molecule has 1 unspecified atom stereocenters. The van der Waals surface area contributed by atoms with Crippen LogP contribution in [0.5, 0.6) is 11.5 Å². The van der Waals surface area contributed by atoms with Crippen molar-refractivity contribution in [2.75, 3.05) is 19.8 Å². The molecule has 3 N–H and O–H groups in total. The van der Waals surface area contributed by atoms with E-state index in [1.54, 1.807) is 0 Å². The zero-order valence-corrected chi connectivity index (χ0v) is 10.6. The average molecular weight is 286 g/mol. The third-order valence-electron chi connectivity index (χ3n) is 2.84. The molecule has 0 saturated heterocycles. The number of benzene rings is 1. The van der Waals surface area contributed by atoms with E-state index < -0.39 is 11.9 Å². The first-order chi connectivity index (χ1) is 9.10. The van der Waals surface area contributed by atoms with E-state index in [0.29, 0.717) is 6.29 Å². The Bertz CT molecular complexity index is 531. The fraction of sp³-hybridized carbons (Fsp3) is 0.333. The molecule has 0 aromatic heterocycles. The summed E-state index contributed by atoms with van der Waals surface area (Å²) in [6, 6.07) is 1.36. The van der Waals surface area contributed by atoms with E-state index >= 15 is 0 Å². The van der Waals surface area contributed by atoms with Crippen LogP contribution in [-0.2, 0) is 4.79 Å². The molecular weight excluding hydrogens is 274 g/mol. The monoisotopic (exact) mass is 285 g/mol. The van der Waals surface area contributed by atoms with E-state index in [-0.39, 0.29) is 47.4 Å². The molecule has 0 radical (unpaired) electrons. The number of hydrogen-bond donors (Lipinski definition) is 2. The number of nitrogens with two attached hydrogens (primary N) is 1. The number of aldehydes is 1. The van der Waals surface area contributed by atoms with Crippen LogP contribution in [0.4, 0.5) is 0 Å². The van der Waals surface area contributed by atoms with Gasteiger partial charge in [-0.25, -0.2) is 0 Å². The van der Waals surface area contributed by atoms with E-state index in [2.05, 4.69) is 0 Å². The van der Waals surface area contributed by atoms with Gasteiger partial charge in [0.1, 0.15) is 13.2 Å². The van der Waals surface area contributed by atoms with Gasteiger partial charge in [-0.2, -0.15) is 0 Å². The maximum Gasteiger partial charge on any atom is 0.312 e. The van der Waals surface area contributed by atoms with Gasteiger partial charge in [0.2, 0.25) is 0 Å². The molecule has 0 spiro atoms. The number of hydrogen-bond acceptors (Lipinski definition) is 5. The maximum atomic E-state index is 11.2. The van der Waals surface area contributed by atoms with Gasteiger partial charge in [0.25, 0.3) is 0 Å². The van der Waals surface area contributed by atoms with E-state index in [1.807, 2.05) is 0 Å². The zero-order chi connectivity index (χ0) is 14.0. The van der Waals surface area contributed by atoms with Crippen LogP contribution in [0.3, 0.4) is 0 Å². The van der Waals surface area contributed by atoms with E-state index in [0.717, 1.165) is 0 Å². The van der Waals surface area contributed by atoms with Gasteiger partial charge >= 0.3 is 5.97 Å². The highest BCUT2D eigenvalue weighted by atomic mass is 35.5. The van der Waals surface area contributed by atoms with Crippen molar-refractivity contribution in [2.45, 2.75) is 5.92 Å².